The molecule has 0 unspecified atom stereocenters. The third-order valence-corrected chi connectivity index (χ3v) is 3.61. The maximum atomic E-state index is 11.8. The van der Waals surface area contributed by atoms with Gasteiger partial charge in [-0.2, -0.15) is 11.8 Å². The van der Waals surface area contributed by atoms with Gasteiger partial charge in [0.1, 0.15) is 5.75 Å². The molecule has 0 heterocycles. The summed E-state index contributed by atoms with van der Waals surface area (Å²) in [5, 5.41) is 2.95. The summed E-state index contributed by atoms with van der Waals surface area (Å²) in [5.74, 6) is 0.855. The molecule has 94 valence electrons. The quantitative estimate of drug-likeness (QED) is 0.876. The molecular weight excluding hydrogens is 234 g/mol. The van der Waals surface area contributed by atoms with E-state index in [9.17, 15) is 4.79 Å². The Kier molecular flexibility index (Phi) is 5.35. The summed E-state index contributed by atoms with van der Waals surface area (Å²) in [6.07, 6.45) is 1.93. The third-order valence-electron chi connectivity index (χ3n) is 2.69. The van der Waals surface area contributed by atoms with Gasteiger partial charge in [-0.25, -0.2) is 0 Å². The van der Waals surface area contributed by atoms with Crippen molar-refractivity contribution in [2.24, 2.45) is 0 Å². The molecule has 0 aromatic heterocycles. The molecule has 0 bridgehead atoms. The van der Waals surface area contributed by atoms with Crippen molar-refractivity contribution >= 4 is 17.7 Å². The van der Waals surface area contributed by atoms with Crippen LogP contribution in [0.2, 0.25) is 0 Å². The van der Waals surface area contributed by atoms with Crippen molar-refractivity contribution in [1.29, 1.82) is 0 Å². The minimum atomic E-state index is -0.0479. The van der Waals surface area contributed by atoms with Crippen LogP contribution in [0.5, 0.6) is 5.75 Å². The number of hydrogen-bond acceptors (Lipinski definition) is 3. The fourth-order valence-electron chi connectivity index (χ4n) is 1.54. The molecule has 0 fully saturated rings. The smallest absolute Gasteiger partial charge is 0.233 e. The van der Waals surface area contributed by atoms with Gasteiger partial charge in [0, 0.05) is 5.56 Å². The van der Waals surface area contributed by atoms with Gasteiger partial charge in [-0.1, -0.05) is 18.2 Å². The van der Waals surface area contributed by atoms with E-state index in [1.807, 2.05) is 44.4 Å². The highest BCUT2D eigenvalue weighted by molar-refractivity contribution is 7.99. The van der Waals surface area contributed by atoms with Crippen LogP contribution in [0.15, 0.2) is 24.3 Å². The van der Waals surface area contributed by atoms with Crippen LogP contribution in [0.25, 0.3) is 0 Å². The molecule has 0 saturated heterocycles. The summed E-state index contributed by atoms with van der Waals surface area (Å²) in [6, 6.07) is 7.68. The Labute approximate surface area is 107 Å². The molecule has 3 nitrogen and oxygen atoms in total. The molecule has 0 radical (unpaired) electrons. The number of carbonyl (C=O) groups is 1. The lowest BCUT2D eigenvalue weighted by atomic mass is 10.1. The third kappa shape index (κ3) is 3.66. The van der Waals surface area contributed by atoms with Gasteiger partial charge in [-0.15, -0.1) is 0 Å². The van der Waals surface area contributed by atoms with Crippen molar-refractivity contribution in [1.82, 2.24) is 5.32 Å². The first-order chi connectivity index (χ1) is 8.10. The highest BCUT2D eigenvalue weighted by Crippen LogP contribution is 2.24. The number of carbonyl (C=O) groups excluding carboxylic acids is 1. The van der Waals surface area contributed by atoms with Crippen molar-refractivity contribution in [2.45, 2.75) is 25.1 Å². The van der Waals surface area contributed by atoms with Gasteiger partial charge in [0.2, 0.25) is 5.91 Å². The molecular formula is C13H19NO2S. The van der Waals surface area contributed by atoms with Gasteiger partial charge < -0.3 is 10.1 Å². The summed E-state index contributed by atoms with van der Waals surface area (Å²) < 4.78 is 5.28. The van der Waals surface area contributed by atoms with E-state index in [0.717, 1.165) is 11.3 Å². The highest BCUT2D eigenvalue weighted by atomic mass is 32.2. The fourth-order valence-corrected chi connectivity index (χ4v) is 1.82. The van der Waals surface area contributed by atoms with Crippen molar-refractivity contribution in [3.05, 3.63) is 29.8 Å². The molecule has 0 spiro atoms. The minimum absolute atomic E-state index is 0.0350. The fraction of sp³-hybridized carbons (Fsp3) is 0.462. The maximum absolute atomic E-state index is 11.8. The van der Waals surface area contributed by atoms with Crippen LogP contribution in [-0.4, -0.2) is 24.5 Å². The van der Waals surface area contributed by atoms with Crippen molar-refractivity contribution in [3.8, 4) is 5.75 Å². The topological polar surface area (TPSA) is 38.3 Å². The normalized spacial score (nSPS) is 13.9. The molecule has 2 atom stereocenters. The molecule has 0 saturated carbocycles. The zero-order chi connectivity index (χ0) is 12.8. The first-order valence-corrected chi connectivity index (χ1v) is 6.85. The predicted octanol–water partition coefficient (Wildman–Crippen LogP) is 2.62. The summed E-state index contributed by atoms with van der Waals surface area (Å²) in [6.45, 7) is 3.86. The average Bonchev–Trinajstić information content (AvgIpc) is 2.37. The standard InChI is InChI=1S/C13H19NO2S/c1-9(14-13(15)10(2)17-4)11-7-5-6-8-12(11)16-3/h5-10H,1-4H3,(H,14,15)/t9-,10-/m0/s1. The number of para-hydroxylation sites is 1. The number of ether oxygens (including phenoxy) is 1. The van der Waals surface area contributed by atoms with Crippen LogP contribution in [0.3, 0.4) is 0 Å². The zero-order valence-corrected chi connectivity index (χ0v) is 11.5. The largest absolute Gasteiger partial charge is 0.496 e. The maximum Gasteiger partial charge on any atom is 0.233 e. The van der Waals surface area contributed by atoms with Gasteiger partial charge in [0.25, 0.3) is 0 Å². The van der Waals surface area contributed by atoms with Crippen LogP contribution in [-0.2, 0) is 4.79 Å². The molecule has 1 aromatic carbocycles. The number of hydrogen-bond donors (Lipinski definition) is 1. The minimum Gasteiger partial charge on any atom is -0.496 e. The summed E-state index contributed by atoms with van der Waals surface area (Å²) in [4.78, 5) is 11.8. The van der Waals surface area contributed by atoms with Gasteiger partial charge in [0.05, 0.1) is 18.4 Å². The van der Waals surface area contributed by atoms with Gasteiger partial charge >= 0.3 is 0 Å². The van der Waals surface area contributed by atoms with E-state index in [0.29, 0.717) is 0 Å². The number of rotatable bonds is 5. The summed E-state index contributed by atoms with van der Waals surface area (Å²) >= 11 is 1.54. The van der Waals surface area contributed by atoms with Gasteiger partial charge in [-0.05, 0) is 26.2 Å². The number of thioether (sulfide) groups is 1. The molecule has 17 heavy (non-hydrogen) atoms. The van der Waals surface area contributed by atoms with Crippen molar-refractivity contribution in [3.63, 3.8) is 0 Å². The lowest BCUT2D eigenvalue weighted by molar-refractivity contribution is -0.120. The molecule has 1 amide bonds. The van der Waals surface area contributed by atoms with Crippen molar-refractivity contribution < 1.29 is 9.53 Å². The van der Waals surface area contributed by atoms with E-state index in [1.54, 1.807) is 7.11 Å². The predicted molar refractivity (Wildman–Crippen MR) is 72.5 cm³/mol. The Balaban J connectivity index is 2.76. The molecule has 0 aliphatic heterocycles. The number of methoxy groups -OCH3 is 1. The summed E-state index contributed by atoms with van der Waals surface area (Å²) in [5.41, 5.74) is 0.997. The SMILES string of the molecule is COc1ccccc1[C@H](C)NC(=O)[C@H](C)SC. The van der Waals surface area contributed by atoms with Crippen molar-refractivity contribution in [2.75, 3.05) is 13.4 Å². The average molecular weight is 253 g/mol. The number of nitrogens with one attached hydrogen (secondary N) is 1. The first-order valence-electron chi connectivity index (χ1n) is 5.56. The molecule has 4 heteroatoms. The molecule has 1 rings (SSSR count). The van der Waals surface area contributed by atoms with Crippen LogP contribution in [0, 0.1) is 0 Å². The van der Waals surface area contributed by atoms with E-state index in [4.69, 9.17) is 4.74 Å². The van der Waals surface area contributed by atoms with E-state index < -0.39 is 0 Å². The Bertz CT molecular complexity index is 381. The Hall–Kier alpha value is -1.16. The lowest BCUT2D eigenvalue weighted by Crippen LogP contribution is -2.33. The monoisotopic (exact) mass is 253 g/mol. The Morgan fingerprint density at radius 2 is 2.00 bits per heavy atom. The van der Waals surface area contributed by atoms with Gasteiger partial charge in [0.15, 0.2) is 0 Å². The van der Waals surface area contributed by atoms with Crippen LogP contribution in [0.1, 0.15) is 25.5 Å². The van der Waals surface area contributed by atoms with Crippen LogP contribution < -0.4 is 10.1 Å². The zero-order valence-electron chi connectivity index (χ0n) is 10.7. The van der Waals surface area contributed by atoms with E-state index in [-0.39, 0.29) is 17.2 Å². The second-order valence-corrected chi connectivity index (χ2v) is 5.03. The van der Waals surface area contributed by atoms with Crippen LogP contribution in [0.4, 0.5) is 0 Å². The highest BCUT2D eigenvalue weighted by Gasteiger charge is 2.17. The summed E-state index contributed by atoms with van der Waals surface area (Å²) in [7, 11) is 1.64. The first kappa shape index (κ1) is 13.9. The molecule has 0 aliphatic rings. The van der Waals surface area contributed by atoms with Gasteiger partial charge in [-0.3, -0.25) is 4.79 Å². The van der Waals surface area contributed by atoms with E-state index >= 15 is 0 Å². The molecule has 0 aliphatic carbocycles. The van der Waals surface area contributed by atoms with Crippen LogP contribution >= 0.6 is 11.8 Å². The Morgan fingerprint density at radius 3 is 2.59 bits per heavy atom. The molecule has 1 aromatic rings. The second kappa shape index (κ2) is 6.55. The number of amides is 1. The molecule has 1 N–H and O–H groups in total. The van der Waals surface area contributed by atoms with E-state index in [1.165, 1.54) is 11.8 Å². The second-order valence-electron chi connectivity index (χ2n) is 3.85. The van der Waals surface area contributed by atoms with E-state index in [2.05, 4.69) is 5.32 Å². The lowest BCUT2D eigenvalue weighted by Gasteiger charge is -2.19. The number of benzene rings is 1. The Morgan fingerprint density at radius 1 is 1.35 bits per heavy atom.